The van der Waals surface area contributed by atoms with Gasteiger partial charge in [0.25, 0.3) is 0 Å². The monoisotopic (exact) mass is 613 g/mol. The lowest BCUT2D eigenvalue weighted by Gasteiger charge is -2.32. The Hall–Kier alpha value is -3.73. The van der Waals surface area contributed by atoms with E-state index in [0.717, 1.165) is 35.9 Å². The fraction of sp³-hybridized carbons (Fsp3) is 0.303. The summed E-state index contributed by atoms with van der Waals surface area (Å²) in [4.78, 5) is 10.1. The Morgan fingerprint density at radius 3 is 2.26 bits per heavy atom. The van der Waals surface area contributed by atoms with E-state index in [1.807, 2.05) is 30.3 Å². The third-order valence-corrected chi connectivity index (χ3v) is 8.13. The van der Waals surface area contributed by atoms with Crippen molar-refractivity contribution in [2.75, 3.05) is 32.1 Å². The summed E-state index contributed by atoms with van der Waals surface area (Å²) in [7, 11) is 0. The third-order valence-electron chi connectivity index (χ3n) is 6.97. The second-order valence-corrected chi connectivity index (χ2v) is 11.2. The van der Waals surface area contributed by atoms with Crippen molar-refractivity contribution in [1.29, 1.82) is 0 Å². The van der Waals surface area contributed by atoms with Crippen molar-refractivity contribution < 1.29 is 37.7 Å². The Morgan fingerprint density at radius 1 is 0.907 bits per heavy atom. The first-order chi connectivity index (χ1) is 20.7. The molecule has 228 valence electrons. The van der Waals surface area contributed by atoms with Crippen LogP contribution in [0.1, 0.15) is 17.9 Å². The van der Waals surface area contributed by atoms with Gasteiger partial charge in [0.2, 0.25) is 0 Å². The number of alkyl halides is 3. The normalized spacial score (nSPS) is 17.4. The average Bonchev–Trinajstić information content (AvgIpc) is 3.02. The van der Waals surface area contributed by atoms with Crippen LogP contribution in [0.5, 0.6) is 11.5 Å². The molecule has 4 aromatic rings. The van der Waals surface area contributed by atoms with E-state index < -0.39 is 18.2 Å². The van der Waals surface area contributed by atoms with Crippen molar-refractivity contribution in [3.63, 3.8) is 0 Å². The zero-order valence-corrected chi connectivity index (χ0v) is 24.2. The Labute approximate surface area is 252 Å². The number of fused-ring (bicyclic) bond motifs is 1. The highest BCUT2D eigenvalue weighted by atomic mass is 32.2. The molecule has 3 unspecified atom stereocenters. The van der Waals surface area contributed by atoms with Crippen LogP contribution in [0.2, 0.25) is 0 Å². The van der Waals surface area contributed by atoms with Crippen LogP contribution in [0.25, 0.3) is 10.8 Å². The number of rotatable bonds is 10. The van der Waals surface area contributed by atoms with Crippen LogP contribution in [0, 0.1) is 5.92 Å². The number of hydrogen-bond acceptors (Lipinski definition) is 6. The van der Waals surface area contributed by atoms with E-state index in [1.165, 1.54) is 16.3 Å². The van der Waals surface area contributed by atoms with Crippen molar-refractivity contribution in [2.45, 2.75) is 29.5 Å². The molecule has 0 aliphatic carbocycles. The Balaban J connectivity index is 0.000000541. The van der Waals surface area contributed by atoms with E-state index in [2.05, 4.69) is 72.0 Å². The van der Waals surface area contributed by atoms with Gasteiger partial charge in [-0.15, -0.1) is 11.8 Å². The number of piperidine rings is 1. The molecule has 4 aromatic carbocycles. The highest BCUT2D eigenvalue weighted by molar-refractivity contribution is 7.99. The van der Waals surface area contributed by atoms with Crippen LogP contribution in [-0.2, 0) is 4.79 Å². The Kier molecular flexibility index (Phi) is 11.7. The van der Waals surface area contributed by atoms with Gasteiger partial charge in [-0.3, -0.25) is 0 Å². The predicted octanol–water partition coefficient (Wildman–Crippen LogP) is 6.78. The number of halogens is 3. The van der Waals surface area contributed by atoms with Crippen LogP contribution in [0.4, 0.5) is 13.2 Å². The van der Waals surface area contributed by atoms with E-state index >= 15 is 0 Å². The number of nitrogens with one attached hydrogen (secondary N) is 1. The molecule has 0 radical (unpaired) electrons. The van der Waals surface area contributed by atoms with Crippen molar-refractivity contribution in [2.24, 2.45) is 5.92 Å². The molecule has 43 heavy (non-hydrogen) atoms. The van der Waals surface area contributed by atoms with Crippen molar-refractivity contribution in [3.8, 4) is 11.5 Å². The molecule has 3 atom stereocenters. The van der Waals surface area contributed by atoms with Crippen LogP contribution in [0.3, 0.4) is 0 Å². The number of aliphatic hydroxyl groups excluding tert-OH is 1. The minimum absolute atomic E-state index is 0.286. The minimum atomic E-state index is -5.08. The fourth-order valence-electron chi connectivity index (χ4n) is 4.76. The van der Waals surface area contributed by atoms with E-state index in [4.69, 9.17) is 19.4 Å². The second kappa shape index (κ2) is 15.7. The molecule has 0 amide bonds. The quantitative estimate of drug-likeness (QED) is 0.170. The number of aliphatic hydroxyl groups is 1. The standard InChI is InChI=1S/C31H33NO3S.C2HF3O2/c33-27(22-36-30-8-2-1-3-9-30)21-35-28-13-11-24(12-14-28)31-16-17-32-19-26(31)20-34-29-15-10-23-6-4-5-7-25(23)18-29;3-2(4,5)1(6)7/h1-15,18,26-27,31-33H,16-17,19-22H2;(H,6,7). The molecule has 3 N–H and O–H groups in total. The summed E-state index contributed by atoms with van der Waals surface area (Å²) in [5, 5.41) is 23.4. The first-order valence-corrected chi connectivity index (χ1v) is 14.9. The van der Waals surface area contributed by atoms with Gasteiger partial charge in [0.1, 0.15) is 18.1 Å². The summed E-state index contributed by atoms with van der Waals surface area (Å²) in [6.45, 7) is 2.93. The van der Waals surface area contributed by atoms with Crippen LogP contribution in [0.15, 0.2) is 102 Å². The van der Waals surface area contributed by atoms with Gasteiger partial charge < -0.3 is 25.0 Å². The average molecular weight is 614 g/mol. The first-order valence-electron chi connectivity index (χ1n) is 13.9. The van der Waals surface area contributed by atoms with Gasteiger partial charge in [0, 0.05) is 23.1 Å². The third kappa shape index (κ3) is 10.2. The van der Waals surface area contributed by atoms with Crippen molar-refractivity contribution >= 4 is 28.5 Å². The maximum Gasteiger partial charge on any atom is 0.490 e. The molecular formula is C33H34F3NO5S. The number of benzene rings is 4. The highest BCUT2D eigenvalue weighted by Gasteiger charge is 2.38. The molecule has 1 aliphatic heterocycles. The smallest absolute Gasteiger partial charge is 0.490 e. The second-order valence-electron chi connectivity index (χ2n) is 10.1. The Morgan fingerprint density at radius 2 is 1.56 bits per heavy atom. The van der Waals surface area contributed by atoms with Crippen LogP contribution >= 0.6 is 11.8 Å². The number of carboxylic acid groups (broad SMARTS) is 1. The van der Waals surface area contributed by atoms with Gasteiger partial charge in [-0.2, -0.15) is 13.2 Å². The maximum absolute atomic E-state index is 10.6. The van der Waals surface area contributed by atoms with E-state index in [-0.39, 0.29) is 6.61 Å². The van der Waals surface area contributed by atoms with Gasteiger partial charge >= 0.3 is 12.1 Å². The van der Waals surface area contributed by atoms with Crippen molar-refractivity contribution in [1.82, 2.24) is 5.32 Å². The molecule has 0 spiro atoms. The number of hydrogen-bond donors (Lipinski definition) is 3. The molecular weight excluding hydrogens is 579 g/mol. The summed E-state index contributed by atoms with van der Waals surface area (Å²) in [5.74, 6) is 0.400. The molecule has 1 saturated heterocycles. The van der Waals surface area contributed by atoms with E-state index in [1.54, 1.807) is 11.8 Å². The van der Waals surface area contributed by atoms with Crippen LogP contribution < -0.4 is 14.8 Å². The lowest BCUT2D eigenvalue weighted by molar-refractivity contribution is -0.192. The number of thioether (sulfide) groups is 1. The molecule has 0 aromatic heterocycles. The summed E-state index contributed by atoms with van der Waals surface area (Å²) >= 11 is 1.64. The molecule has 5 rings (SSSR count). The molecule has 0 saturated carbocycles. The summed E-state index contributed by atoms with van der Waals surface area (Å²) < 4.78 is 43.9. The minimum Gasteiger partial charge on any atom is -0.493 e. The zero-order chi connectivity index (χ0) is 30.7. The Bertz CT molecular complexity index is 1440. The molecule has 1 fully saturated rings. The molecule has 1 aliphatic rings. The van der Waals surface area contributed by atoms with E-state index in [9.17, 15) is 18.3 Å². The molecule has 10 heteroatoms. The maximum atomic E-state index is 10.6. The number of carboxylic acids is 1. The van der Waals surface area contributed by atoms with E-state index in [0.29, 0.717) is 24.2 Å². The van der Waals surface area contributed by atoms with Crippen molar-refractivity contribution in [3.05, 3.63) is 103 Å². The van der Waals surface area contributed by atoms with Gasteiger partial charge in [-0.25, -0.2) is 4.79 Å². The topological polar surface area (TPSA) is 88.0 Å². The molecule has 6 nitrogen and oxygen atoms in total. The molecule has 1 heterocycles. The summed E-state index contributed by atoms with van der Waals surface area (Å²) in [6, 6.07) is 33.2. The fourth-order valence-corrected chi connectivity index (χ4v) is 5.59. The number of ether oxygens (including phenoxy) is 2. The SMILES string of the molecule is O=C(O)C(F)(F)F.OC(COc1ccc(C2CCNCC2COc2ccc3ccccc3c2)cc1)CSc1ccccc1. The predicted molar refractivity (Wildman–Crippen MR) is 162 cm³/mol. The molecule has 0 bridgehead atoms. The van der Waals surface area contributed by atoms with Gasteiger partial charge in [0.15, 0.2) is 0 Å². The largest absolute Gasteiger partial charge is 0.493 e. The zero-order valence-electron chi connectivity index (χ0n) is 23.4. The van der Waals surface area contributed by atoms with Gasteiger partial charge in [-0.1, -0.05) is 60.7 Å². The lowest BCUT2D eigenvalue weighted by Crippen LogP contribution is -2.38. The summed E-state index contributed by atoms with van der Waals surface area (Å²) in [6.07, 6.45) is -4.52. The first kappa shape index (κ1) is 32.2. The van der Waals surface area contributed by atoms with Gasteiger partial charge in [0.05, 0.1) is 12.7 Å². The number of carbonyl (C=O) groups is 1. The highest BCUT2D eigenvalue weighted by Crippen LogP contribution is 2.32. The van der Waals surface area contributed by atoms with Crippen LogP contribution in [-0.4, -0.2) is 60.5 Å². The number of aliphatic carboxylic acids is 1. The lowest BCUT2D eigenvalue weighted by atomic mass is 9.81. The summed E-state index contributed by atoms with van der Waals surface area (Å²) in [5.41, 5.74) is 1.32. The van der Waals surface area contributed by atoms with Gasteiger partial charge in [-0.05, 0) is 71.6 Å².